The highest BCUT2D eigenvalue weighted by molar-refractivity contribution is 9.10. The van der Waals surface area contributed by atoms with Gasteiger partial charge in [-0.15, -0.1) is 21.8 Å². The highest BCUT2D eigenvalue weighted by Gasteiger charge is 2.09. The monoisotopic (exact) mass is 359 g/mol. The van der Waals surface area contributed by atoms with Crippen LogP contribution in [0.4, 0.5) is 5.13 Å². The molecule has 0 saturated carbocycles. The normalized spacial score (nSPS) is 10.4. The molecule has 19 heavy (non-hydrogen) atoms. The van der Waals surface area contributed by atoms with Crippen molar-refractivity contribution in [1.29, 1.82) is 0 Å². The largest absolute Gasteiger partial charge is 0.296 e. The molecule has 1 aromatic heterocycles. The quantitative estimate of drug-likeness (QED) is 0.827. The lowest BCUT2D eigenvalue weighted by atomic mass is 10.2. The van der Waals surface area contributed by atoms with Crippen LogP contribution in [0, 0.1) is 0 Å². The van der Waals surface area contributed by atoms with Crippen LogP contribution in [0.3, 0.4) is 0 Å². The fourth-order valence-electron chi connectivity index (χ4n) is 1.39. The zero-order valence-corrected chi connectivity index (χ0v) is 13.1. The summed E-state index contributed by atoms with van der Waals surface area (Å²) < 4.78 is 0.934. The van der Waals surface area contributed by atoms with Crippen molar-refractivity contribution in [3.05, 3.63) is 39.3 Å². The van der Waals surface area contributed by atoms with Crippen molar-refractivity contribution in [3.8, 4) is 0 Å². The van der Waals surface area contributed by atoms with Crippen molar-refractivity contribution in [2.75, 3.05) is 11.2 Å². The number of amides is 1. The van der Waals surface area contributed by atoms with E-state index in [-0.39, 0.29) is 5.91 Å². The Labute approximate surface area is 128 Å². The van der Waals surface area contributed by atoms with Gasteiger partial charge in [0.25, 0.3) is 5.91 Å². The van der Waals surface area contributed by atoms with Gasteiger partial charge in [-0.3, -0.25) is 10.1 Å². The van der Waals surface area contributed by atoms with E-state index in [1.807, 2.05) is 12.1 Å². The van der Waals surface area contributed by atoms with Gasteiger partial charge in [-0.2, -0.15) is 0 Å². The first-order chi connectivity index (χ1) is 9.19. The molecule has 1 N–H and O–H groups in total. The van der Waals surface area contributed by atoms with Crippen LogP contribution in [0.1, 0.15) is 21.8 Å². The molecule has 0 atom stereocenters. The first kappa shape index (κ1) is 14.4. The highest BCUT2D eigenvalue weighted by Crippen LogP contribution is 2.18. The van der Waals surface area contributed by atoms with Crippen LogP contribution in [0.2, 0.25) is 0 Å². The molecule has 0 fully saturated rings. The molecule has 2 aromatic rings. The predicted octanol–water partition coefficient (Wildman–Crippen LogP) is 3.72. The first-order valence-corrected chi connectivity index (χ1v) is 7.78. The van der Waals surface area contributed by atoms with E-state index in [0.29, 0.717) is 16.6 Å². The molecule has 1 heterocycles. The van der Waals surface area contributed by atoms with E-state index in [2.05, 4.69) is 31.4 Å². The van der Waals surface area contributed by atoms with Gasteiger partial charge in [-0.1, -0.05) is 27.3 Å². The van der Waals surface area contributed by atoms with Gasteiger partial charge in [-0.25, -0.2) is 0 Å². The molecule has 0 aliphatic carbocycles. The van der Waals surface area contributed by atoms with E-state index < -0.39 is 0 Å². The molecule has 0 unspecified atom stereocenters. The van der Waals surface area contributed by atoms with Gasteiger partial charge in [0.15, 0.2) is 0 Å². The Morgan fingerprint density at radius 3 is 2.74 bits per heavy atom. The SMILES string of the molecule is O=C(Nc1nnc(CCCCl)s1)c1ccc(Br)cc1. The standard InChI is InChI=1S/C12H11BrClN3OS/c13-9-5-3-8(4-6-9)11(18)15-12-17-16-10(19-12)2-1-7-14/h3-6H,1-2,7H2,(H,15,17,18). The second-order valence-electron chi connectivity index (χ2n) is 3.75. The number of rotatable bonds is 5. The van der Waals surface area contributed by atoms with Gasteiger partial charge < -0.3 is 0 Å². The summed E-state index contributed by atoms with van der Waals surface area (Å²) in [7, 11) is 0. The van der Waals surface area contributed by atoms with Crippen molar-refractivity contribution in [1.82, 2.24) is 10.2 Å². The van der Waals surface area contributed by atoms with Crippen LogP contribution in [0.5, 0.6) is 0 Å². The number of carbonyl (C=O) groups is 1. The number of aromatic nitrogens is 2. The average molecular weight is 361 g/mol. The minimum Gasteiger partial charge on any atom is -0.296 e. The van der Waals surface area contributed by atoms with Crippen LogP contribution >= 0.6 is 38.9 Å². The lowest BCUT2D eigenvalue weighted by Crippen LogP contribution is -2.11. The molecule has 1 amide bonds. The summed E-state index contributed by atoms with van der Waals surface area (Å²) in [5, 5.41) is 12.1. The minimum absolute atomic E-state index is 0.187. The summed E-state index contributed by atoms with van der Waals surface area (Å²) in [6, 6.07) is 7.13. The Balaban J connectivity index is 1.98. The van der Waals surface area contributed by atoms with Crippen molar-refractivity contribution < 1.29 is 4.79 Å². The predicted molar refractivity (Wildman–Crippen MR) is 81.0 cm³/mol. The zero-order valence-electron chi connectivity index (χ0n) is 9.90. The van der Waals surface area contributed by atoms with E-state index in [0.717, 1.165) is 22.3 Å². The lowest BCUT2D eigenvalue weighted by Gasteiger charge is -2.00. The van der Waals surface area contributed by atoms with Crippen molar-refractivity contribution in [3.63, 3.8) is 0 Å². The topological polar surface area (TPSA) is 54.9 Å². The molecule has 7 heteroatoms. The number of hydrogen-bond donors (Lipinski definition) is 1. The molecule has 0 spiro atoms. The third-order valence-corrected chi connectivity index (χ3v) is 4.01. The summed E-state index contributed by atoms with van der Waals surface area (Å²) in [6.45, 7) is 0. The van der Waals surface area contributed by atoms with E-state index >= 15 is 0 Å². The number of alkyl halides is 1. The zero-order chi connectivity index (χ0) is 13.7. The maximum Gasteiger partial charge on any atom is 0.257 e. The molecule has 1 aromatic carbocycles. The number of anilines is 1. The second-order valence-corrected chi connectivity index (χ2v) is 6.11. The number of nitrogens with one attached hydrogen (secondary N) is 1. The van der Waals surface area contributed by atoms with Gasteiger partial charge in [0.2, 0.25) is 5.13 Å². The molecular formula is C12H11BrClN3OS. The highest BCUT2D eigenvalue weighted by atomic mass is 79.9. The van der Waals surface area contributed by atoms with Gasteiger partial charge >= 0.3 is 0 Å². The number of aryl methyl sites for hydroxylation is 1. The van der Waals surface area contributed by atoms with Crippen molar-refractivity contribution in [2.24, 2.45) is 0 Å². The van der Waals surface area contributed by atoms with E-state index in [4.69, 9.17) is 11.6 Å². The van der Waals surface area contributed by atoms with Gasteiger partial charge in [0.1, 0.15) is 5.01 Å². The van der Waals surface area contributed by atoms with Gasteiger partial charge in [-0.05, 0) is 30.7 Å². The fraction of sp³-hybridized carbons (Fsp3) is 0.250. The molecule has 0 saturated heterocycles. The minimum atomic E-state index is -0.187. The third kappa shape index (κ3) is 4.26. The number of carbonyl (C=O) groups excluding carboxylic acids is 1. The maximum atomic E-state index is 11.9. The number of benzene rings is 1. The number of hydrogen-bond acceptors (Lipinski definition) is 4. The summed E-state index contributed by atoms with van der Waals surface area (Å²) in [5.41, 5.74) is 0.584. The lowest BCUT2D eigenvalue weighted by molar-refractivity contribution is 0.102. The summed E-state index contributed by atoms with van der Waals surface area (Å²) in [4.78, 5) is 11.9. The average Bonchev–Trinajstić information content (AvgIpc) is 2.84. The number of nitrogens with zero attached hydrogens (tertiary/aromatic N) is 2. The van der Waals surface area contributed by atoms with Crippen LogP contribution in [-0.4, -0.2) is 22.0 Å². The smallest absolute Gasteiger partial charge is 0.257 e. The van der Waals surface area contributed by atoms with Crippen molar-refractivity contribution in [2.45, 2.75) is 12.8 Å². The molecule has 0 radical (unpaired) electrons. The second kappa shape index (κ2) is 6.98. The van der Waals surface area contributed by atoms with Crippen LogP contribution in [0.25, 0.3) is 0 Å². The van der Waals surface area contributed by atoms with Crippen LogP contribution < -0.4 is 5.32 Å². The Bertz CT molecular complexity index is 558. The molecular weight excluding hydrogens is 350 g/mol. The van der Waals surface area contributed by atoms with E-state index in [1.165, 1.54) is 11.3 Å². The summed E-state index contributed by atoms with van der Waals surface area (Å²) >= 11 is 10.3. The molecule has 0 aliphatic heterocycles. The Hall–Kier alpha value is -0.980. The van der Waals surface area contributed by atoms with Gasteiger partial charge in [0, 0.05) is 22.3 Å². The first-order valence-electron chi connectivity index (χ1n) is 5.64. The Kier molecular flexibility index (Phi) is 5.30. The fourth-order valence-corrected chi connectivity index (χ4v) is 2.57. The molecule has 2 rings (SSSR count). The summed E-state index contributed by atoms with van der Waals surface area (Å²) in [5.74, 6) is 0.410. The Morgan fingerprint density at radius 2 is 2.05 bits per heavy atom. The third-order valence-electron chi connectivity index (χ3n) is 2.32. The van der Waals surface area contributed by atoms with Gasteiger partial charge in [0.05, 0.1) is 0 Å². The van der Waals surface area contributed by atoms with E-state index in [9.17, 15) is 4.79 Å². The maximum absolute atomic E-state index is 11.9. The Morgan fingerprint density at radius 1 is 1.32 bits per heavy atom. The summed E-state index contributed by atoms with van der Waals surface area (Å²) in [6.07, 6.45) is 1.65. The van der Waals surface area contributed by atoms with Crippen LogP contribution in [0.15, 0.2) is 28.7 Å². The molecule has 100 valence electrons. The molecule has 0 bridgehead atoms. The van der Waals surface area contributed by atoms with Crippen LogP contribution in [-0.2, 0) is 6.42 Å². The number of halogens is 2. The molecule has 0 aliphatic rings. The van der Waals surface area contributed by atoms with E-state index in [1.54, 1.807) is 12.1 Å². The molecule has 4 nitrogen and oxygen atoms in total. The van der Waals surface area contributed by atoms with Crippen molar-refractivity contribution >= 4 is 49.9 Å².